The molecule has 1 N–H and O–H groups in total. The highest BCUT2D eigenvalue weighted by Gasteiger charge is 2.69. The summed E-state index contributed by atoms with van der Waals surface area (Å²) in [6.45, 7) is 0. The molecular weight excluding hydrogens is 351 g/mol. The third kappa shape index (κ3) is 3.82. The molecule has 1 aromatic carbocycles. The van der Waals surface area contributed by atoms with Gasteiger partial charge in [-0.15, -0.1) is 0 Å². The lowest BCUT2D eigenvalue weighted by atomic mass is 9.96. The number of carbonyl (C=O) groups excluding carboxylic acids is 1. The van der Waals surface area contributed by atoms with Crippen LogP contribution in [0.5, 0.6) is 11.5 Å². The Morgan fingerprint density at radius 1 is 1.24 bits per heavy atom. The van der Waals surface area contributed by atoms with Gasteiger partial charge in [-0.1, -0.05) is 0 Å². The lowest BCUT2D eigenvalue weighted by Gasteiger charge is -2.24. The second-order valence-electron chi connectivity index (χ2n) is 4.59. The highest BCUT2D eigenvalue weighted by atomic mass is 19.4. The topological polar surface area (TPSA) is 108 Å². The van der Waals surface area contributed by atoms with E-state index in [9.17, 15) is 33.2 Å². The minimum atomic E-state index is -5.70. The summed E-state index contributed by atoms with van der Waals surface area (Å²) in [7, 11) is 3.01. The summed E-state index contributed by atoms with van der Waals surface area (Å²) in [5.41, 5.74) is -6.54. The maximum absolute atomic E-state index is 13.2. The van der Waals surface area contributed by atoms with Crippen molar-refractivity contribution in [3.63, 3.8) is 0 Å². The van der Waals surface area contributed by atoms with Gasteiger partial charge in [0.2, 0.25) is 0 Å². The van der Waals surface area contributed by atoms with Crippen LogP contribution in [-0.4, -0.2) is 49.1 Å². The van der Waals surface area contributed by atoms with E-state index in [2.05, 4.69) is 4.74 Å². The molecule has 0 aliphatic heterocycles. The van der Waals surface area contributed by atoms with Gasteiger partial charge in [-0.3, -0.25) is 10.1 Å². The van der Waals surface area contributed by atoms with Crippen LogP contribution in [0.4, 0.5) is 13.2 Å². The lowest BCUT2D eigenvalue weighted by molar-refractivity contribution is -0.454. The molecule has 0 aliphatic carbocycles. The average Bonchev–Trinajstić information content (AvgIpc) is 2.56. The van der Waals surface area contributed by atoms with Gasteiger partial charge < -0.3 is 19.3 Å². The largest absolute Gasteiger partial charge is 0.497 e. The Bertz CT molecular complexity index is 702. The van der Waals surface area contributed by atoms with Gasteiger partial charge in [0.1, 0.15) is 11.5 Å². The number of benzene rings is 1. The molecule has 1 unspecified atom stereocenters. The first kappa shape index (κ1) is 20.2. The van der Waals surface area contributed by atoms with Gasteiger partial charge in [0.15, 0.2) is 0 Å². The molecule has 0 spiro atoms. The van der Waals surface area contributed by atoms with Crippen molar-refractivity contribution in [1.29, 1.82) is 0 Å². The maximum atomic E-state index is 13.2. The Labute approximate surface area is 139 Å². The molecule has 11 heteroatoms. The van der Waals surface area contributed by atoms with Gasteiger partial charge >= 0.3 is 17.7 Å². The standard InChI is InChI=1S/C14H14F3NO7/c1-23-9-4-5-10(24-2)8(6-9)7-11(18(21)22)13(20,12(19)25-3)14(15,16)17/h4-7,20H,1-3H3/b11-7-. The molecule has 138 valence electrons. The van der Waals surface area contributed by atoms with Crippen LogP contribution in [-0.2, 0) is 9.53 Å². The first-order chi connectivity index (χ1) is 11.5. The van der Waals surface area contributed by atoms with Crippen molar-refractivity contribution in [3.8, 4) is 11.5 Å². The molecule has 0 saturated carbocycles. The Balaban J connectivity index is 3.73. The van der Waals surface area contributed by atoms with E-state index in [1.54, 1.807) is 0 Å². The Morgan fingerprint density at radius 3 is 2.24 bits per heavy atom. The highest BCUT2D eigenvalue weighted by Crippen LogP contribution is 2.39. The zero-order valence-electron chi connectivity index (χ0n) is 13.3. The number of carbonyl (C=O) groups is 1. The van der Waals surface area contributed by atoms with Crippen molar-refractivity contribution in [2.75, 3.05) is 21.3 Å². The fraction of sp³-hybridized carbons (Fsp3) is 0.357. The number of alkyl halides is 3. The van der Waals surface area contributed by atoms with Gasteiger partial charge in [-0.25, -0.2) is 4.79 Å². The quantitative estimate of drug-likeness (QED) is 0.465. The number of nitrogens with zero attached hydrogens (tertiary/aromatic N) is 1. The molecule has 1 rings (SSSR count). The second-order valence-corrected chi connectivity index (χ2v) is 4.59. The van der Waals surface area contributed by atoms with Crippen LogP contribution in [0.1, 0.15) is 5.56 Å². The highest BCUT2D eigenvalue weighted by molar-refractivity contribution is 5.85. The van der Waals surface area contributed by atoms with E-state index in [1.165, 1.54) is 26.4 Å². The number of halogens is 3. The normalized spacial score (nSPS) is 14.4. The third-order valence-electron chi connectivity index (χ3n) is 3.19. The van der Waals surface area contributed by atoms with Gasteiger partial charge in [-0.2, -0.15) is 13.2 Å². The third-order valence-corrected chi connectivity index (χ3v) is 3.19. The van der Waals surface area contributed by atoms with Gasteiger partial charge in [0.05, 0.1) is 26.3 Å². The number of nitro groups is 1. The SMILES string of the molecule is COC(=O)C(O)(/C(=C/c1cc(OC)ccc1OC)[N+](=O)[O-])C(F)(F)F. The van der Waals surface area contributed by atoms with Crippen molar-refractivity contribution in [2.45, 2.75) is 11.8 Å². The summed E-state index contributed by atoms with van der Waals surface area (Å²) < 4.78 is 53.4. The van der Waals surface area contributed by atoms with E-state index in [-0.39, 0.29) is 17.1 Å². The minimum Gasteiger partial charge on any atom is -0.497 e. The molecule has 0 bridgehead atoms. The summed E-state index contributed by atoms with van der Waals surface area (Å²) in [6.07, 6.45) is -5.34. The van der Waals surface area contributed by atoms with E-state index in [0.717, 1.165) is 6.07 Å². The summed E-state index contributed by atoms with van der Waals surface area (Å²) in [4.78, 5) is 21.1. The smallest absolute Gasteiger partial charge is 0.439 e. The van der Waals surface area contributed by atoms with Crippen molar-refractivity contribution in [2.24, 2.45) is 0 Å². The van der Waals surface area contributed by atoms with Crippen LogP contribution in [0.15, 0.2) is 23.9 Å². The molecule has 0 aliphatic rings. The number of esters is 1. The summed E-state index contributed by atoms with van der Waals surface area (Å²) in [6, 6.07) is 3.82. The van der Waals surface area contributed by atoms with Crippen molar-refractivity contribution in [3.05, 3.63) is 39.6 Å². The Morgan fingerprint density at radius 2 is 1.84 bits per heavy atom. The fourth-order valence-corrected chi connectivity index (χ4v) is 1.90. The monoisotopic (exact) mass is 365 g/mol. The molecule has 0 heterocycles. The average molecular weight is 365 g/mol. The number of hydrogen-bond acceptors (Lipinski definition) is 7. The molecule has 1 atom stereocenters. The van der Waals surface area contributed by atoms with E-state index in [0.29, 0.717) is 13.2 Å². The number of methoxy groups -OCH3 is 3. The molecule has 0 radical (unpaired) electrons. The van der Waals surface area contributed by atoms with Crippen LogP contribution in [0.3, 0.4) is 0 Å². The molecule has 0 amide bonds. The van der Waals surface area contributed by atoms with Crippen molar-refractivity contribution >= 4 is 12.0 Å². The van der Waals surface area contributed by atoms with Crippen LogP contribution in [0, 0.1) is 10.1 Å². The number of hydrogen-bond donors (Lipinski definition) is 1. The molecule has 8 nitrogen and oxygen atoms in total. The van der Waals surface area contributed by atoms with E-state index in [1.807, 2.05) is 0 Å². The molecule has 0 aromatic heterocycles. The lowest BCUT2D eigenvalue weighted by Crippen LogP contribution is -2.55. The summed E-state index contributed by atoms with van der Waals surface area (Å²) in [5.74, 6) is -2.14. The number of rotatable bonds is 6. The maximum Gasteiger partial charge on any atom is 0.439 e. The van der Waals surface area contributed by atoms with E-state index < -0.39 is 28.4 Å². The zero-order chi connectivity index (χ0) is 19.4. The second kappa shape index (κ2) is 7.38. The Hall–Kier alpha value is -2.82. The van der Waals surface area contributed by atoms with Crippen LogP contribution in [0.2, 0.25) is 0 Å². The molecule has 0 saturated heterocycles. The van der Waals surface area contributed by atoms with Crippen molar-refractivity contribution < 1.29 is 42.2 Å². The van der Waals surface area contributed by atoms with Crippen LogP contribution >= 0.6 is 0 Å². The zero-order valence-corrected chi connectivity index (χ0v) is 13.3. The predicted molar refractivity (Wildman–Crippen MR) is 77.5 cm³/mol. The first-order valence-corrected chi connectivity index (χ1v) is 6.49. The number of ether oxygens (including phenoxy) is 3. The number of aliphatic hydroxyl groups is 1. The van der Waals surface area contributed by atoms with Crippen molar-refractivity contribution in [1.82, 2.24) is 0 Å². The van der Waals surface area contributed by atoms with Crippen LogP contribution < -0.4 is 9.47 Å². The first-order valence-electron chi connectivity index (χ1n) is 6.49. The summed E-state index contributed by atoms with van der Waals surface area (Å²) >= 11 is 0. The van der Waals surface area contributed by atoms with Gasteiger partial charge in [0, 0.05) is 11.6 Å². The van der Waals surface area contributed by atoms with E-state index >= 15 is 0 Å². The Kier molecular flexibility index (Phi) is 5.97. The van der Waals surface area contributed by atoms with Gasteiger partial charge in [-0.05, 0) is 18.2 Å². The molecule has 1 aromatic rings. The fourth-order valence-electron chi connectivity index (χ4n) is 1.90. The van der Waals surface area contributed by atoms with E-state index in [4.69, 9.17) is 9.47 Å². The molecule has 25 heavy (non-hydrogen) atoms. The molecular formula is C14H14F3NO7. The van der Waals surface area contributed by atoms with Gasteiger partial charge in [0.25, 0.3) is 5.70 Å². The molecule has 0 fully saturated rings. The minimum absolute atomic E-state index is 0.0467. The predicted octanol–water partition coefficient (Wildman–Crippen LogP) is 1.79. The summed E-state index contributed by atoms with van der Waals surface area (Å²) in [5, 5.41) is 21.0. The van der Waals surface area contributed by atoms with Crippen LogP contribution in [0.25, 0.3) is 6.08 Å².